The second-order valence-electron chi connectivity index (χ2n) is 9.18. The fourth-order valence-corrected chi connectivity index (χ4v) is 4.75. The number of hydrogen-bond acceptors (Lipinski definition) is 4. The van der Waals surface area contributed by atoms with Gasteiger partial charge in [-0.1, -0.05) is 11.6 Å². The van der Waals surface area contributed by atoms with Gasteiger partial charge >= 0.3 is 0 Å². The van der Waals surface area contributed by atoms with Crippen LogP contribution in [0.5, 0.6) is 5.75 Å². The smallest absolute Gasteiger partial charge is 0.251 e. The monoisotopic (exact) mass is 393 g/mol. The summed E-state index contributed by atoms with van der Waals surface area (Å²) < 4.78 is 6.01. The Balaban J connectivity index is 1.64. The van der Waals surface area contributed by atoms with Crippen LogP contribution in [0, 0.1) is 0 Å². The first-order chi connectivity index (χ1) is 12.6. The molecule has 2 aliphatic rings. The highest BCUT2D eigenvalue weighted by molar-refractivity contribution is 6.32. The molecule has 0 atom stereocenters. The molecule has 1 amide bonds. The molecule has 0 saturated carbocycles. The molecular weight excluding hydrogens is 362 g/mol. The maximum absolute atomic E-state index is 12.7. The standard InChI is InChI=1S/C21H32ClN3O2/c1-20(2)12-15(13-21(3,4)25-20)24-19(26)14-5-6-18(17(22)11-14)27-16-7-9-23-10-8-16/h5-6,11,15-16,23,25H,7-10,12-13H2,1-4H3,(H,24,26). The number of amides is 1. The molecule has 2 aliphatic heterocycles. The SMILES string of the molecule is CC1(C)CC(NC(=O)c2ccc(OC3CCNCC3)c(Cl)c2)CC(C)(C)N1. The summed E-state index contributed by atoms with van der Waals surface area (Å²) >= 11 is 6.40. The Hall–Kier alpha value is -1.30. The lowest BCUT2D eigenvalue weighted by molar-refractivity contribution is 0.0873. The predicted octanol–water partition coefficient (Wildman–Crippen LogP) is 3.51. The first-order valence-electron chi connectivity index (χ1n) is 9.91. The number of ether oxygens (including phenoxy) is 1. The van der Waals surface area contributed by atoms with Crippen molar-refractivity contribution in [3.63, 3.8) is 0 Å². The average Bonchev–Trinajstić information content (AvgIpc) is 2.54. The van der Waals surface area contributed by atoms with Crippen molar-refractivity contribution < 1.29 is 9.53 Å². The van der Waals surface area contributed by atoms with Gasteiger partial charge in [-0.2, -0.15) is 0 Å². The number of rotatable bonds is 4. The first-order valence-corrected chi connectivity index (χ1v) is 10.3. The summed E-state index contributed by atoms with van der Waals surface area (Å²) in [6.45, 7) is 10.6. The van der Waals surface area contributed by atoms with Crippen molar-refractivity contribution in [2.75, 3.05) is 13.1 Å². The zero-order valence-electron chi connectivity index (χ0n) is 16.8. The van der Waals surface area contributed by atoms with Gasteiger partial charge in [0.1, 0.15) is 11.9 Å². The lowest BCUT2D eigenvalue weighted by Gasteiger charge is -2.46. The Morgan fingerprint density at radius 3 is 2.37 bits per heavy atom. The van der Waals surface area contributed by atoms with Gasteiger partial charge in [0, 0.05) is 22.7 Å². The molecule has 2 saturated heterocycles. The first kappa shape index (κ1) is 20.4. The van der Waals surface area contributed by atoms with Crippen molar-refractivity contribution in [3.8, 4) is 5.75 Å². The van der Waals surface area contributed by atoms with Gasteiger partial charge in [-0.3, -0.25) is 4.79 Å². The van der Waals surface area contributed by atoms with Crippen molar-refractivity contribution >= 4 is 17.5 Å². The summed E-state index contributed by atoms with van der Waals surface area (Å²) in [4.78, 5) is 12.7. The number of hydrogen-bond donors (Lipinski definition) is 3. The number of benzene rings is 1. The Bertz CT molecular complexity index is 668. The van der Waals surface area contributed by atoms with Gasteiger partial charge in [0.15, 0.2) is 0 Å². The van der Waals surface area contributed by atoms with Crippen molar-refractivity contribution in [1.82, 2.24) is 16.0 Å². The van der Waals surface area contributed by atoms with Crippen LogP contribution in [0.2, 0.25) is 5.02 Å². The zero-order chi connectivity index (χ0) is 19.7. The third-order valence-corrected chi connectivity index (χ3v) is 5.59. The van der Waals surface area contributed by atoms with Crippen LogP contribution in [0.4, 0.5) is 0 Å². The van der Waals surface area contributed by atoms with Gasteiger partial charge in [-0.05, 0) is 84.7 Å². The molecule has 0 bridgehead atoms. The summed E-state index contributed by atoms with van der Waals surface area (Å²) in [6.07, 6.45) is 3.92. The van der Waals surface area contributed by atoms with Crippen molar-refractivity contribution in [2.24, 2.45) is 0 Å². The molecule has 0 aromatic heterocycles. The number of piperidine rings is 2. The molecule has 1 aromatic carbocycles. The Morgan fingerprint density at radius 1 is 1.15 bits per heavy atom. The largest absolute Gasteiger partial charge is 0.489 e. The summed E-state index contributed by atoms with van der Waals surface area (Å²) in [7, 11) is 0. The molecule has 3 N–H and O–H groups in total. The highest BCUT2D eigenvalue weighted by atomic mass is 35.5. The van der Waals surface area contributed by atoms with E-state index in [1.807, 2.05) is 6.07 Å². The predicted molar refractivity (Wildman–Crippen MR) is 110 cm³/mol. The van der Waals surface area contributed by atoms with Crippen molar-refractivity contribution in [3.05, 3.63) is 28.8 Å². The van der Waals surface area contributed by atoms with Crippen LogP contribution >= 0.6 is 11.6 Å². The van der Waals surface area contributed by atoms with Crippen LogP contribution in [0.1, 0.15) is 63.7 Å². The molecule has 3 rings (SSSR count). The van der Waals surface area contributed by atoms with E-state index in [-0.39, 0.29) is 29.1 Å². The lowest BCUT2D eigenvalue weighted by Crippen LogP contribution is -2.62. The Labute approximate surface area is 167 Å². The molecule has 2 fully saturated rings. The number of carbonyl (C=O) groups excluding carboxylic acids is 1. The van der Waals surface area contributed by atoms with Crippen LogP contribution in [0.25, 0.3) is 0 Å². The molecule has 0 spiro atoms. The van der Waals surface area contributed by atoms with E-state index in [0.717, 1.165) is 38.8 Å². The van der Waals surface area contributed by atoms with Gasteiger partial charge in [0.25, 0.3) is 5.91 Å². The van der Waals surface area contributed by atoms with E-state index >= 15 is 0 Å². The molecule has 6 heteroatoms. The van der Waals surface area contributed by atoms with Crippen LogP contribution in [0.15, 0.2) is 18.2 Å². The molecule has 1 aromatic rings. The van der Waals surface area contributed by atoms with E-state index in [2.05, 4.69) is 43.6 Å². The van der Waals surface area contributed by atoms with Gasteiger partial charge in [-0.15, -0.1) is 0 Å². The van der Waals surface area contributed by atoms with Crippen molar-refractivity contribution in [1.29, 1.82) is 0 Å². The van der Waals surface area contributed by atoms with Gasteiger partial charge < -0.3 is 20.7 Å². The lowest BCUT2D eigenvalue weighted by atomic mass is 9.79. The molecule has 0 radical (unpaired) electrons. The van der Waals surface area contributed by atoms with E-state index in [9.17, 15) is 4.79 Å². The zero-order valence-corrected chi connectivity index (χ0v) is 17.6. The van der Waals surface area contributed by atoms with E-state index in [4.69, 9.17) is 16.3 Å². The van der Waals surface area contributed by atoms with Crippen LogP contribution in [-0.4, -0.2) is 42.2 Å². The minimum atomic E-state index is -0.0798. The quantitative estimate of drug-likeness (QED) is 0.732. The van der Waals surface area contributed by atoms with Gasteiger partial charge in [-0.25, -0.2) is 0 Å². The molecule has 0 aliphatic carbocycles. The fraction of sp³-hybridized carbons (Fsp3) is 0.667. The van der Waals surface area contributed by atoms with Gasteiger partial charge in [0.2, 0.25) is 0 Å². The van der Waals surface area contributed by atoms with Gasteiger partial charge in [0.05, 0.1) is 5.02 Å². The normalized spacial score (nSPS) is 23.0. The Kier molecular flexibility index (Phi) is 6.04. The maximum atomic E-state index is 12.7. The molecule has 27 heavy (non-hydrogen) atoms. The second kappa shape index (κ2) is 7.98. The topological polar surface area (TPSA) is 62.4 Å². The molecule has 2 heterocycles. The van der Waals surface area contributed by atoms with Crippen LogP contribution in [0.3, 0.4) is 0 Å². The summed E-state index contributed by atoms with van der Waals surface area (Å²) in [6, 6.07) is 5.46. The minimum absolute atomic E-state index is 0.0100. The summed E-state index contributed by atoms with van der Waals surface area (Å²) in [5, 5.41) is 10.6. The molecular formula is C21H32ClN3O2. The summed E-state index contributed by atoms with van der Waals surface area (Å²) in [5.41, 5.74) is 0.556. The number of carbonyl (C=O) groups is 1. The molecule has 0 unspecified atom stereocenters. The van der Waals surface area contributed by atoms with Crippen LogP contribution < -0.4 is 20.7 Å². The summed E-state index contributed by atoms with van der Waals surface area (Å²) in [5.74, 6) is 0.577. The molecule has 5 nitrogen and oxygen atoms in total. The highest BCUT2D eigenvalue weighted by Crippen LogP contribution is 2.30. The van der Waals surface area contributed by atoms with E-state index < -0.39 is 0 Å². The van der Waals surface area contributed by atoms with E-state index in [0.29, 0.717) is 16.3 Å². The highest BCUT2D eigenvalue weighted by Gasteiger charge is 2.38. The average molecular weight is 394 g/mol. The number of halogens is 1. The third kappa shape index (κ3) is 5.59. The molecule has 150 valence electrons. The maximum Gasteiger partial charge on any atom is 0.251 e. The van der Waals surface area contributed by atoms with Crippen LogP contribution in [-0.2, 0) is 0 Å². The van der Waals surface area contributed by atoms with Crippen molar-refractivity contribution in [2.45, 2.75) is 76.6 Å². The second-order valence-corrected chi connectivity index (χ2v) is 9.59. The Morgan fingerprint density at radius 2 is 1.78 bits per heavy atom. The third-order valence-electron chi connectivity index (χ3n) is 5.30. The van der Waals surface area contributed by atoms with E-state index in [1.54, 1.807) is 12.1 Å². The minimum Gasteiger partial charge on any atom is -0.489 e. The number of nitrogens with one attached hydrogen (secondary N) is 3. The van der Waals surface area contributed by atoms with E-state index in [1.165, 1.54) is 0 Å². The fourth-order valence-electron chi connectivity index (χ4n) is 4.52.